The van der Waals surface area contributed by atoms with Crippen LogP contribution in [0.1, 0.15) is 47.5 Å². The van der Waals surface area contributed by atoms with Gasteiger partial charge < -0.3 is 9.64 Å². The lowest BCUT2D eigenvalue weighted by atomic mass is 9.89. The Morgan fingerprint density at radius 2 is 1.84 bits per heavy atom. The van der Waals surface area contributed by atoms with E-state index in [9.17, 15) is 4.79 Å². The molecular weight excluding hydrogens is 238 g/mol. The quantitative estimate of drug-likeness (QED) is 0.641. The van der Waals surface area contributed by atoms with Gasteiger partial charge in [-0.25, -0.2) is 0 Å². The number of methoxy groups -OCH3 is 1. The van der Waals surface area contributed by atoms with Crippen LogP contribution in [0.3, 0.4) is 0 Å². The van der Waals surface area contributed by atoms with E-state index in [4.69, 9.17) is 4.74 Å². The zero-order valence-electron chi connectivity index (χ0n) is 13.7. The van der Waals surface area contributed by atoms with Crippen molar-refractivity contribution in [2.45, 2.75) is 59.6 Å². The van der Waals surface area contributed by atoms with Crippen LogP contribution in [-0.2, 0) is 9.53 Å². The first-order valence-electron chi connectivity index (χ1n) is 7.20. The zero-order chi connectivity index (χ0) is 15.2. The molecule has 3 nitrogen and oxygen atoms in total. The average molecular weight is 269 g/mol. The predicted molar refractivity (Wildman–Crippen MR) is 81.1 cm³/mol. The van der Waals surface area contributed by atoms with E-state index >= 15 is 0 Å². The van der Waals surface area contributed by atoms with Crippen molar-refractivity contribution in [3.8, 4) is 0 Å². The number of ketones is 1. The smallest absolute Gasteiger partial charge is 0.132 e. The van der Waals surface area contributed by atoms with Gasteiger partial charge in [-0.1, -0.05) is 40.7 Å². The van der Waals surface area contributed by atoms with Gasteiger partial charge >= 0.3 is 0 Å². The van der Waals surface area contributed by atoms with Crippen molar-refractivity contribution in [1.82, 2.24) is 4.90 Å². The highest BCUT2D eigenvalue weighted by Gasteiger charge is 2.31. The molecule has 19 heavy (non-hydrogen) atoms. The molecule has 0 aromatic heterocycles. The predicted octanol–water partition coefficient (Wildman–Crippen LogP) is 3.50. The Hall–Kier alpha value is -0.830. The van der Waals surface area contributed by atoms with E-state index < -0.39 is 0 Å². The summed E-state index contributed by atoms with van der Waals surface area (Å²) in [6.07, 6.45) is 1.44. The number of allylic oxidation sites excluding steroid dienone is 1. The highest BCUT2D eigenvalue weighted by atomic mass is 16.5. The van der Waals surface area contributed by atoms with Gasteiger partial charge in [0.15, 0.2) is 0 Å². The second-order valence-electron chi connectivity index (χ2n) is 5.81. The van der Waals surface area contributed by atoms with Crippen LogP contribution in [0, 0.1) is 11.8 Å². The molecule has 0 aromatic carbocycles. The van der Waals surface area contributed by atoms with Gasteiger partial charge in [-0.2, -0.15) is 0 Å². The lowest BCUT2D eigenvalue weighted by molar-refractivity contribution is -0.121. The first kappa shape index (κ1) is 18.2. The minimum absolute atomic E-state index is 0.0760. The topological polar surface area (TPSA) is 29.5 Å². The van der Waals surface area contributed by atoms with Crippen LogP contribution in [-0.4, -0.2) is 37.0 Å². The number of rotatable bonds is 9. The Morgan fingerprint density at radius 1 is 1.32 bits per heavy atom. The number of ether oxygens (including phenoxy) is 1. The molecule has 3 heteroatoms. The van der Waals surface area contributed by atoms with E-state index in [1.165, 1.54) is 0 Å². The normalized spacial score (nSPS) is 16.0. The van der Waals surface area contributed by atoms with Crippen LogP contribution >= 0.6 is 0 Å². The van der Waals surface area contributed by atoms with Crippen molar-refractivity contribution in [1.29, 1.82) is 0 Å². The molecule has 0 aliphatic carbocycles. The number of carbonyl (C=O) groups excluding carboxylic acids is 1. The number of likely N-dealkylation sites (N-methyl/N-ethyl adjacent to an activating group) is 1. The van der Waals surface area contributed by atoms with Crippen LogP contribution in [0.25, 0.3) is 0 Å². The second-order valence-corrected chi connectivity index (χ2v) is 5.81. The van der Waals surface area contributed by atoms with Crippen molar-refractivity contribution < 1.29 is 9.53 Å². The first-order valence-corrected chi connectivity index (χ1v) is 7.20. The van der Waals surface area contributed by atoms with Crippen LogP contribution in [0.4, 0.5) is 0 Å². The lowest BCUT2D eigenvalue weighted by Gasteiger charge is -2.40. The van der Waals surface area contributed by atoms with Crippen molar-refractivity contribution in [2.75, 3.05) is 14.2 Å². The fourth-order valence-corrected chi connectivity index (χ4v) is 2.46. The maximum Gasteiger partial charge on any atom is 0.132 e. The lowest BCUT2D eigenvalue weighted by Crippen LogP contribution is -2.47. The van der Waals surface area contributed by atoms with Crippen LogP contribution in [0.2, 0.25) is 0 Å². The molecule has 0 saturated carbocycles. The SMILES string of the molecule is C=C(C(C)C)N(C)[C@@H]([C@@H](C)CC)[C@@H](CC(C)=O)OC. The number of carbonyl (C=O) groups is 1. The van der Waals surface area contributed by atoms with Gasteiger partial charge in [0.25, 0.3) is 0 Å². The van der Waals surface area contributed by atoms with E-state index in [0.29, 0.717) is 18.3 Å². The van der Waals surface area contributed by atoms with Crippen molar-refractivity contribution in [3.05, 3.63) is 12.3 Å². The Bertz CT molecular complexity index is 299. The molecule has 0 radical (unpaired) electrons. The summed E-state index contributed by atoms with van der Waals surface area (Å²) in [5.41, 5.74) is 1.09. The van der Waals surface area contributed by atoms with Crippen LogP contribution in [0.5, 0.6) is 0 Å². The third-order valence-electron chi connectivity index (χ3n) is 3.97. The summed E-state index contributed by atoms with van der Waals surface area (Å²) in [5.74, 6) is 1.01. The Balaban J connectivity index is 5.17. The van der Waals surface area contributed by atoms with Crippen LogP contribution < -0.4 is 0 Å². The molecule has 112 valence electrons. The minimum atomic E-state index is -0.0760. The van der Waals surface area contributed by atoms with Gasteiger partial charge in [-0.15, -0.1) is 0 Å². The third-order valence-corrected chi connectivity index (χ3v) is 3.97. The van der Waals surface area contributed by atoms with Crippen molar-refractivity contribution >= 4 is 5.78 Å². The molecule has 0 spiro atoms. The van der Waals surface area contributed by atoms with Crippen molar-refractivity contribution in [3.63, 3.8) is 0 Å². The molecule has 0 N–H and O–H groups in total. The second kappa shape index (κ2) is 8.36. The zero-order valence-corrected chi connectivity index (χ0v) is 13.7. The summed E-state index contributed by atoms with van der Waals surface area (Å²) in [6, 6.07) is 0.189. The highest BCUT2D eigenvalue weighted by Crippen LogP contribution is 2.26. The van der Waals surface area contributed by atoms with Gasteiger partial charge in [0, 0.05) is 26.3 Å². The fraction of sp³-hybridized carbons (Fsp3) is 0.812. The Morgan fingerprint density at radius 3 is 2.16 bits per heavy atom. The third kappa shape index (κ3) is 5.35. The average Bonchev–Trinajstić information content (AvgIpc) is 2.35. The summed E-state index contributed by atoms with van der Waals surface area (Å²) in [4.78, 5) is 13.6. The summed E-state index contributed by atoms with van der Waals surface area (Å²) in [6.45, 7) is 14.5. The summed E-state index contributed by atoms with van der Waals surface area (Å²) >= 11 is 0. The molecule has 0 aromatic rings. The van der Waals surface area contributed by atoms with E-state index in [2.05, 4.69) is 46.2 Å². The largest absolute Gasteiger partial charge is 0.379 e. The molecule has 0 unspecified atom stereocenters. The molecule has 3 atom stereocenters. The summed E-state index contributed by atoms with van der Waals surface area (Å²) in [7, 11) is 3.75. The highest BCUT2D eigenvalue weighted by molar-refractivity contribution is 5.76. The van der Waals surface area contributed by atoms with E-state index in [-0.39, 0.29) is 17.9 Å². The van der Waals surface area contributed by atoms with E-state index in [1.54, 1.807) is 14.0 Å². The van der Waals surface area contributed by atoms with Gasteiger partial charge in [-0.05, 0) is 18.8 Å². The molecule has 0 aliphatic heterocycles. The summed E-state index contributed by atoms with van der Waals surface area (Å²) < 4.78 is 5.59. The van der Waals surface area contributed by atoms with Gasteiger partial charge in [0.05, 0.1) is 12.1 Å². The fourth-order valence-electron chi connectivity index (χ4n) is 2.46. The van der Waals surface area contributed by atoms with Gasteiger partial charge in [0.1, 0.15) is 5.78 Å². The summed E-state index contributed by atoms with van der Waals surface area (Å²) in [5, 5.41) is 0. The van der Waals surface area contributed by atoms with Crippen LogP contribution in [0.15, 0.2) is 12.3 Å². The maximum atomic E-state index is 11.4. The first-order chi connectivity index (χ1) is 8.76. The molecule has 0 bridgehead atoms. The van der Waals surface area contributed by atoms with Crippen molar-refractivity contribution in [2.24, 2.45) is 11.8 Å². The maximum absolute atomic E-state index is 11.4. The minimum Gasteiger partial charge on any atom is -0.379 e. The molecule has 0 heterocycles. The van der Waals surface area contributed by atoms with E-state index in [1.807, 2.05) is 0 Å². The monoisotopic (exact) mass is 269 g/mol. The number of Topliss-reactive ketones (excluding diaryl/α,β-unsaturated/α-hetero) is 1. The van der Waals surface area contributed by atoms with E-state index in [0.717, 1.165) is 12.1 Å². The molecule has 0 rings (SSSR count). The standard InChI is InChI=1S/C16H31NO2/c1-9-12(4)16(15(19-8)10-13(5)18)17(7)14(6)11(2)3/h11-12,15-16H,6,9-10H2,1-5,7-8H3/t12-,15+,16-/m0/s1. The number of nitrogens with zero attached hydrogens (tertiary/aromatic N) is 1. The Labute approximate surface area is 119 Å². The molecule has 0 amide bonds. The number of hydrogen-bond donors (Lipinski definition) is 0. The Kier molecular flexibility index (Phi) is 8.00. The van der Waals surface area contributed by atoms with Gasteiger partial charge in [0.2, 0.25) is 0 Å². The van der Waals surface area contributed by atoms with Gasteiger partial charge in [-0.3, -0.25) is 4.79 Å². The molecular formula is C16H31NO2. The molecule has 0 fully saturated rings. The molecule has 0 aliphatic rings. The molecule has 0 saturated heterocycles. The number of hydrogen-bond acceptors (Lipinski definition) is 3.